The van der Waals surface area contributed by atoms with Gasteiger partial charge in [-0.15, -0.1) is 0 Å². The Labute approximate surface area is 264 Å². The predicted octanol–water partition coefficient (Wildman–Crippen LogP) is 9.17. The van der Waals surface area contributed by atoms with Crippen LogP contribution in [0.15, 0.2) is 109 Å². The zero-order chi connectivity index (χ0) is 31.5. The summed E-state index contributed by atoms with van der Waals surface area (Å²) >= 11 is 0. The summed E-state index contributed by atoms with van der Waals surface area (Å²) in [6.45, 7) is 3.91. The van der Waals surface area contributed by atoms with E-state index in [1.807, 2.05) is 92.7 Å². The van der Waals surface area contributed by atoms with E-state index in [4.69, 9.17) is 0 Å². The molecule has 8 rings (SSSR count). The van der Waals surface area contributed by atoms with Crippen LogP contribution >= 0.6 is 0 Å². The van der Waals surface area contributed by atoms with Crippen LogP contribution in [0.1, 0.15) is 28.1 Å². The highest BCUT2D eigenvalue weighted by Gasteiger charge is 2.22. The quantitative estimate of drug-likeness (QED) is 0.206. The van der Waals surface area contributed by atoms with Crippen LogP contribution < -0.4 is 0 Å². The fourth-order valence-electron chi connectivity index (χ4n) is 6.86. The fourth-order valence-corrected chi connectivity index (χ4v) is 6.86. The summed E-state index contributed by atoms with van der Waals surface area (Å²) in [5.74, 6) is 0. The van der Waals surface area contributed by atoms with Gasteiger partial charge in [-0.25, -0.2) is 0 Å². The van der Waals surface area contributed by atoms with Gasteiger partial charge >= 0.3 is 0 Å². The van der Waals surface area contributed by atoms with Gasteiger partial charge in [0, 0.05) is 38.5 Å². The lowest BCUT2D eigenvalue weighted by molar-refractivity contribution is 1.09. The Bertz CT molecular complexity index is 2680. The topological polar surface area (TPSA) is 94.1 Å². The summed E-state index contributed by atoms with van der Waals surface area (Å²) in [5.41, 5.74) is 10.4. The summed E-state index contributed by atoms with van der Waals surface area (Å²) in [6, 6.07) is 43.1. The summed E-state index contributed by atoms with van der Waals surface area (Å²) in [6.07, 6.45) is 0. The van der Waals surface area contributed by atoms with Gasteiger partial charge in [-0.05, 0) is 80.1 Å². The zero-order valence-electron chi connectivity index (χ0n) is 25.1. The molecule has 0 N–H and O–H groups in total. The number of nitrogens with zero attached hydrogens (tertiary/aromatic N) is 6. The minimum atomic E-state index is 0.518. The maximum Gasteiger partial charge on any atom is 0.0998 e. The third kappa shape index (κ3) is 3.97. The second-order valence-electron chi connectivity index (χ2n) is 11.5. The fraction of sp³-hybridized carbons (Fsp3) is 0.0500. The van der Waals surface area contributed by atoms with E-state index < -0.39 is 0 Å². The number of nitriles is 3. The molecule has 0 saturated carbocycles. The molecule has 0 saturated heterocycles. The molecule has 0 aliphatic carbocycles. The van der Waals surface area contributed by atoms with E-state index in [1.54, 1.807) is 0 Å². The highest BCUT2D eigenvalue weighted by atomic mass is 15.1. The third-order valence-corrected chi connectivity index (χ3v) is 8.72. The van der Waals surface area contributed by atoms with Crippen molar-refractivity contribution in [2.75, 3.05) is 0 Å². The SMILES string of the molecule is Cc1cc(-c2cc(-n3c4ccccc4c4ccc(C#N)cc43)c(-n3c4ccccc4c4ccc(C#N)cc43)cc2C#N)cc(C)n1. The minimum Gasteiger partial charge on any atom is -0.307 e. The van der Waals surface area contributed by atoms with Crippen LogP contribution in [0.2, 0.25) is 0 Å². The van der Waals surface area contributed by atoms with Crippen LogP contribution in [0.4, 0.5) is 0 Å². The number of pyridine rings is 1. The van der Waals surface area contributed by atoms with Crippen LogP contribution in [0.5, 0.6) is 0 Å². The number of rotatable bonds is 3. The Balaban J connectivity index is 1.60. The molecule has 0 fully saturated rings. The highest BCUT2D eigenvalue weighted by molar-refractivity contribution is 6.12. The monoisotopic (exact) mass is 588 g/mol. The van der Waals surface area contributed by atoms with Crippen molar-refractivity contribution in [2.45, 2.75) is 13.8 Å². The molecule has 0 aliphatic heterocycles. The normalized spacial score (nSPS) is 11.2. The highest BCUT2D eigenvalue weighted by Crippen LogP contribution is 2.41. The van der Waals surface area contributed by atoms with Gasteiger partial charge in [-0.3, -0.25) is 4.98 Å². The van der Waals surface area contributed by atoms with Gasteiger partial charge in [-0.2, -0.15) is 15.8 Å². The molecule has 46 heavy (non-hydrogen) atoms. The van der Waals surface area contributed by atoms with Crippen LogP contribution in [-0.2, 0) is 0 Å². The van der Waals surface area contributed by atoms with E-state index in [1.165, 1.54) is 0 Å². The van der Waals surface area contributed by atoms with Crippen LogP contribution in [-0.4, -0.2) is 14.1 Å². The van der Waals surface area contributed by atoms with Crippen molar-refractivity contribution in [1.82, 2.24) is 14.1 Å². The van der Waals surface area contributed by atoms with E-state index in [0.717, 1.165) is 77.5 Å². The first kappa shape index (κ1) is 26.9. The van der Waals surface area contributed by atoms with E-state index in [9.17, 15) is 15.8 Å². The Morgan fingerprint density at radius 3 is 1.48 bits per heavy atom. The molecule has 3 aromatic heterocycles. The Hall–Kier alpha value is -6.68. The van der Waals surface area contributed by atoms with E-state index in [2.05, 4.69) is 62.7 Å². The molecule has 0 atom stereocenters. The Kier molecular flexibility index (Phi) is 5.97. The molecule has 0 unspecified atom stereocenters. The molecule has 214 valence electrons. The van der Waals surface area contributed by atoms with Crippen LogP contribution in [0, 0.1) is 47.8 Å². The van der Waals surface area contributed by atoms with Gasteiger partial charge in [0.15, 0.2) is 0 Å². The lowest BCUT2D eigenvalue weighted by Gasteiger charge is -2.20. The van der Waals surface area contributed by atoms with Crippen LogP contribution in [0.25, 0.3) is 66.1 Å². The Morgan fingerprint density at radius 1 is 0.500 bits per heavy atom. The lowest BCUT2D eigenvalue weighted by Crippen LogP contribution is -2.06. The van der Waals surface area contributed by atoms with Gasteiger partial charge < -0.3 is 9.13 Å². The largest absolute Gasteiger partial charge is 0.307 e. The van der Waals surface area contributed by atoms with Gasteiger partial charge in [-0.1, -0.05) is 48.5 Å². The number of aromatic nitrogens is 3. The average molecular weight is 589 g/mol. The molecule has 3 heterocycles. The molecule has 6 nitrogen and oxygen atoms in total. The van der Waals surface area contributed by atoms with Crippen molar-refractivity contribution in [1.29, 1.82) is 15.8 Å². The number of benzene rings is 5. The second-order valence-corrected chi connectivity index (χ2v) is 11.5. The van der Waals surface area contributed by atoms with Gasteiger partial charge in [0.05, 0.1) is 68.3 Å². The number of aryl methyl sites for hydroxylation is 2. The number of para-hydroxylation sites is 2. The van der Waals surface area contributed by atoms with Crippen molar-refractivity contribution >= 4 is 43.6 Å². The first-order valence-electron chi connectivity index (χ1n) is 14.9. The van der Waals surface area contributed by atoms with Crippen molar-refractivity contribution in [2.24, 2.45) is 0 Å². The first-order chi connectivity index (χ1) is 22.5. The number of hydrogen-bond acceptors (Lipinski definition) is 4. The van der Waals surface area contributed by atoms with E-state index in [-0.39, 0.29) is 0 Å². The van der Waals surface area contributed by atoms with Crippen LogP contribution in [0.3, 0.4) is 0 Å². The predicted molar refractivity (Wildman–Crippen MR) is 182 cm³/mol. The Morgan fingerprint density at radius 2 is 0.978 bits per heavy atom. The average Bonchev–Trinajstić information content (AvgIpc) is 3.59. The second kappa shape index (κ2) is 10.2. The van der Waals surface area contributed by atoms with Gasteiger partial charge in [0.25, 0.3) is 0 Å². The maximum atomic E-state index is 10.6. The van der Waals surface area contributed by atoms with Gasteiger partial charge in [0.2, 0.25) is 0 Å². The molecule has 6 heteroatoms. The number of hydrogen-bond donors (Lipinski definition) is 0. The molecule has 5 aromatic carbocycles. The smallest absolute Gasteiger partial charge is 0.0998 e. The molecular formula is C40H24N6. The third-order valence-electron chi connectivity index (χ3n) is 8.72. The van der Waals surface area contributed by atoms with Crippen molar-refractivity contribution < 1.29 is 0 Å². The van der Waals surface area contributed by atoms with Crippen molar-refractivity contribution in [3.05, 3.63) is 137 Å². The molecule has 8 aromatic rings. The van der Waals surface area contributed by atoms with Crippen molar-refractivity contribution in [3.8, 4) is 40.7 Å². The molecular weight excluding hydrogens is 564 g/mol. The standard InChI is InChI=1S/C40H24N6/c1-24-15-28(16-25(2)44-24)34-20-40(46-36-10-6-4-8-31(36)33-14-12-27(22-42)18-38(33)46)39(19-29(34)23-43)45-35-9-5-3-7-30(35)32-13-11-26(21-41)17-37(32)45/h3-20H,1-2H3. The minimum absolute atomic E-state index is 0.518. The zero-order valence-corrected chi connectivity index (χ0v) is 25.1. The number of fused-ring (bicyclic) bond motifs is 6. The first-order valence-corrected chi connectivity index (χ1v) is 14.9. The molecule has 0 spiro atoms. The summed E-state index contributed by atoms with van der Waals surface area (Å²) in [5, 5.41) is 34.5. The molecule has 0 aliphatic rings. The van der Waals surface area contributed by atoms with Gasteiger partial charge in [0.1, 0.15) is 0 Å². The maximum absolute atomic E-state index is 10.6. The molecule has 0 amide bonds. The summed E-state index contributed by atoms with van der Waals surface area (Å²) < 4.78 is 4.35. The van der Waals surface area contributed by atoms with Crippen molar-refractivity contribution in [3.63, 3.8) is 0 Å². The summed E-state index contributed by atoms with van der Waals surface area (Å²) in [7, 11) is 0. The molecule has 0 bridgehead atoms. The lowest BCUT2D eigenvalue weighted by atomic mass is 9.97. The summed E-state index contributed by atoms with van der Waals surface area (Å²) in [4.78, 5) is 4.58. The van der Waals surface area contributed by atoms with E-state index in [0.29, 0.717) is 16.7 Å². The molecule has 0 radical (unpaired) electrons. The van der Waals surface area contributed by atoms with E-state index >= 15 is 0 Å².